The summed E-state index contributed by atoms with van der Waals surface area (Å²) in [5, 5.41) is 0. The van der Waals surface area contributed by atoms with Gasteiger partial charge in [-0.25, -0.2) is 4.98 Å². The Labute approximate surface area is 141 Å². The van der Waals surface area contributed by atoms with Gasteiger partial charge >= 0.3 is 0 Å². The van der Waals surface area contributed by atoms with Gasteiger partial charge in [0.25, 0.3) is 0 Å². The molecule has 0 spiro atoms. The van der Waals surface area contributed by atoms with E-state index in [1.54, 1.807) is 13.4 Å². The third-order valence-corrected chi connectivity index (χ3v) is 4.47. The molecule has 6 nitrogen and oxygen atoms in total. The lowest BCUT2D eigenvalue weighted by molar-refractivity contribution is -0.119. The maximum absolute atomic E-state index is 11.0. The van der Waals surface area contributed by atoms with Crippen LogP contribution in [-0.2, 0) is 11.3 Å². The lowest BCUT2D eigenvalue weighted by atomic mass is 9.93. The molecule has 1 aliphatic rings. The number of likely N-dealkylation sites (tertiary alicyclic amines) is 1. The van der Waals surface area contributed by atoms with Crippen LogP contribution in [0.3, 0.4) is 0 Å². The van der Waals surface area contributed by atoms with Gasteiger partial charge in [0.05, 0.1) is 12.8 Å². The van der Waals surface area contributed by atoms with Crippen LogP contribution < -0.4 is 10.5 Å². The zero-order valence-corrected chi connectivity index (χ0v) is 13.9. The Kier molecular flexibility index (Phi) is 5.15. The predicted molar refractivity (Wildman–Crippen MR) is 90.3 cm³/mol. The Morgan fingerprint density at radius 2 is 2.04 bits per heavy atom. The molecule has 1 aromatic carbocycles. The number of piperidine rings is 1. The second-order valence-electron chi connectivity index (χ2n) is 6.26. The number of hydrogen-bond donors (Lipinski definition) is 1. The van der Waals surface area contributed by atoms with Crippen LogP contribution in [0.15, 0.2) is 34.9 Å². The summed E-state index contributed by atoms with van der Waals surface area (Å²) in [5.74, 6) is 1.65. The summed E-state index contributed by atoms with van der Waals surface area (Å²) in [6, 6.07) is 7.65. The van der Waals surface area contributed by atoms with E-state index in [0.717, 1.165) is 49.5 Å². The molecular weight excluding hydrogens is 306 g/mol. The maximum Gasteiger partial charge on any atom is 0.226 e. The van der Waals surface area contributed by atoms with E-state index in [1.165, 1.54) is 0 Å². The molecule has 0 unspecified atom stereocenters. The quantitative estimate of drug-likeness (QED) is 0.880. The van der Waals surface area contributed by atoms with E-state index in [-0.39, 0.29) is 5.91 Å². The Morgan fingerprint density at radius 1 is 1.33 bits per heavy atom. The van der Waals surface area contributed by atoms with Crippen molar-refractivity contribution in [1.82, 2.24) is 9.88 Å². The van der Waals surface area contributed by atoms with E-state index in [1.807, 2.05) is 24.3 Å². The summed E-state index contributed by atoms with van der Waals surface area (Å²) in [7, 11) is 1.64. The van der Waals surface area contributed by atoms with Gasteiger partial charge in [-0.3, -0.25) is 9.69 Å². The lowest BCUT2D eigenvalue weighted by Gasteiger charge is -2.30. The molecule has 128 valence electrons. The van der Waals surface area contributed by atoms with Crippen molar-refractivity contribution in [2.75, 3.05) is 20.2 Å². The molecule has 1 saturated heterocycles. The smallest absolute Gasteiger partial charge is 0.226 e. The minimum atomic E-state index is -0.200. The first-order chi connectivity index (χ1) is 11.6. The van der Waals surface area contributed by atoms with Crippen LogP contribution in [0, 0.1) is 5.92 Å². The number of nitrogens with zero attached hydrogens (tertiary/aromatic N) is 2. The van der Waals surface area contributed by atoms with Gasteiger partial charge in [-0.2, -0.15) is 0 Å². The number of benzene rings is 1. The van der Waals surface area contributed by atoms with Gasteiger partial charge in [0.1, 0.15) is 12.0 Å². The number of ether oxygens (including phenoxy) is 1. The first kappa shape index (κ1) is 16.5. The molecule has 0 aliphatic carbocycles. The number of methoxy groups -OCH3 is 1. The van der Waals surface area contributed by atoms with Gasteiger partial charge in [-0.15, -0.1) is 0 Å². The Balaban J connectivity index is 1.55. The van der Waals surface area contributed by atoms with Crippen LogP contribution in [0.1, 0.15) is 25.0 Å². The molecule has 1 aromatic heterocycles. The molecule has 24 heavy (non-hydrogen) atoms. The molecule has 3 rings (SSSR count). The van der Waals surface area contributed by atoms with Crippen LogP contribution in [0.25, 0.3) is 11.5 Å². The standard InChI is InChI=1S/C18H23N3O3/c1-23-16-4-2-14(3-5-16)18-20-15(12-24-18)11-21-8-6-13(7-9-21)10-17(19)22/h2-5,12-13H,6-11H2,1H3,(H2,19,22). The molecule has 1 fully saturated rings. The third kappa shape index (κ3) is 4.14. The minimum Gasteiger partial charge on any atom is -0.497 e. The first-order valence-corrected chi connectivity index (χ1v) is 8.23. The van der Waals surface area contributed by atoms with Gasteiger partial charge in [-0.05, 0) is 56.1 Å². The van der Waals surface area contributed by atoms with E-state index in [0.29, 0.717) is 18.2 Å². The van der Waals surface area contributed by atoms with Crippen LogP contribution in [0.5, 0.6) is 5.75 Å². The minimum absolute atomic E-state index is 0.200. The van der Waals surface area contributed by atoms with Crippen molar-refractivity contribution in [3.05, 3.63) is 36.2 Å². The van der Waals surface area contributed by atoms with E-state index < -0.39 is 0 Å². The number of nitrogens with two attached hydrogens (primary N) is 1. The molecule has 2 heterocycles. The molecular formula is C18H23N3O3. The molecule has 6 heteroatoms. The molecule has 0 bridgehead atoms. The molecule has 0 atom stereocenters. The highest BCUT2D eigenvalue weighted by Gasteiger charge is 2.21. The number of primary amides is 1. The van der Waals surface area contributed by atoms with E-state index in [9.17, 15) is 4.79 Å². The lowest BCUT2D eigenvalue weighted by Crippen LogP contribution is -2.34. The van der Waals surface area contributed by atoms with Gasteiger partial charge in [0, 0.05) is 18.5 Å². The molecule has 1 amide bonds. The number of hydrogen-bond acceptors (Lipinski definition) is 5. The first-order valence-electron chi connectivity index (χ1n) is 8.23. The monoisotopic (exact) mass is 329 g/mol. The summed E-state index contributed by atoms with van der Waals surface area (Å²) in [4.78, 5) is 17.9. The average molecular weight is 329 g/mol. The van der Waals surface area contributed by atoms with Crippen molar-refractivity contribution in [1.29, 1.82) is 0 Å². The highest BCUT2D eigenvalue weighted by molar-refractivity contribution is 5.74. The Bertz CT molecular complexity index is 673. The molecule has 0 radical (unpaired) electrons. The average Bonchev–Trinajstić information content (AvgIpc) is 3.05. The van der Waals surface area contributed by atoms with E-state index >= 15 is 0 Å². The molecule has 2 aromatic rings. The topological polar surface area (TPSA) is 81.6 Å². The number of oxazole rings is 1. The van der Waals surface area contributed by atoms with Gasteiger partial charge < -0.3 is 14.9 Å². The third-order valence-electron chi connectivity index (χ3n) is 4.47. The van der Waals surface area contributed by atoms with Crippen molar-refractivity contribution < 1.29 is 13.9 Å². The Hall–Kier alpha value is -2.34. The summed E-state index contributed by atoms with van der Waals surface area (Å²) in [5.41, 5.74) is 7.13. The van der Waals surface area contributed by atoms with Crippen molar-refractivity contribution in [2.45, 2.75) is 25.8 Å². The summed E-state index contributed by atoms with van der Waals surface area (Å²) in [6.45, 7) is 2.69. The van der Waals surface area contributed by atoms with Crippen molar-refractivity contribution >= 4 is 5.91 Å². The Morgan fingerprint density at radius 3 is 2.67 bits per heavy atom. The van der Waals surface area contributed by atoms with Crippen LogP contribution in [0.4, 0.5) is 0 Å². The van der Waals surface area contributed by atoms with Crippen LogP contribution in [-0.4, -0.2) is 36.0 Å². The van der Waals surface area contributed by atoms with Crippen LogP contribution in [0.2, 0.25) is 0 Å². The fraction of sp³-hybridized carbons (Fsp3) is 0.444. The summed E-state index contributed by atoms with van der Waals surface area (Å²) >= 11 is 0. The predicted octanol–water partition coefficient (Wildman–Crippen LogP) is 2.44. The second kappa shape index (κ2) is 7.49. The normalized spacial score (nSPS) is 16.2. The highest BCUT2D eigenvalue weighted by atomic mass is 16.5. The van der Waals surface area contributed by atoms with Crippen molar-refractivity contribution in [3.8, 4) is 17.2 Å². The maximum atomic E-state index is 11.0. The van der Waals surface area contributed by atoms with Crippen molar-refractivity contribution in [3.63, 3.8) is 0 Å². The summed E-state index contributed by atoms with van der Waals surface area (Å²) < 4.78 is 10.8. The molecule has 0 saturated carbocycles. The second-order valence-corrected chi connectivity index (χ2v) is 6.26. The summed E-state index contributed by atoms with van der Waals surface area (Å²) in [6.07, 6.45) is 4.23. The SMILES string of the molecule is COc1ccc(-c2nc(CN3CCC(CC(N)=O)CC3)co2)cc1. The largest absolute Gasteiger partial charge is 0.497 e. The number of aromatic nitrogens is 1. The van der Waals surface area contributed by atoms with E-state index in [4.69, 9.17) is 14.9 Å². The van der Waals surface area contributed by atoms with Gasteiger partial charge in [0.2, 0.25) is 11.8 Å². The number of amides is 1. The van der Waals surface area contributed by atoms with Crippen LogP contribution >= 0.6 is 0 Å². The highest BCUT2D eigenvalue weighted by Crippen LogP contribution is 2.24. The number of rotatable bonds is 6. The zero-order chi connectivity index (χ0) is 16.9. The number of carbonyl (C=O) groups is 1. The molecule has 2 N–H and O–H groups in total. The number of carbonyl (C=O) groups excluding carboxylic acids is 1. The fourth-order valence-electron chi connectivity index (χ4n) is 3.11. The van der Waals surface area contributed by atoms with E-state index in [2.05, 4.69) is 9.88 Å². The van der Waals surface area contributed by atoms with Gasteiger partial charge in [-0.1, -0.05) is 0 Å². The molecule has 1 aliphatic heterocycles. The fourth-order valence-corrected chi connectivity index (χ4v) is 3.11. The zero-order valence-electron chi connectivity index (χ0n) is 13.9. The van der Waals surface area contributed by atoms with Gasteiger partial charge in [0.15, 0.2) is 0 Å². The van der Waals surface area contributed by atoms with Crippen molar-refractivity contribution in [2.24, 2.45) is 11.7 Å².